The van der Waals surface area contributed by atoms with Crippen LogP contribution in [0.1, 0.15) is 54.4 Å². The summed E-state index contributed by atoms with van der Waals surface area (Å²) in [5, 5.41) is 59.9. The number of carbonyl (C=O) groups is 1. The fraction of sp³-hybridized carbons (Fsp3) is 0.140. The van der Waals surface area contributed by atoms with Crippen molar-refractivity contribution in [3.63, 3.8) is 0 Å². The minimum absolute atomic E-state index is 0.00867. The number of phenols is 3. The first kappa shape index (κ1) is 43.5. The van der Waals surface area contributed by atoms with Gasteiger partial charge in [-0.1, -0.05) is 18.2 Å². The van der Waals surface area contributed by atoms with Crippen molar-refractivity contribution in [2.45, 2.75) is 38.5 Å². The molecule has 65 heavy (non-hydrogen) atoms. The highest BCUT2D eigenvalue weighted by atomic mass is 32.2. The highest BCUT2D eigenvalue weighted by molar-refractivity contribution is 7.96. The van der Waals surface area contributed by atoms with Gasteiger partial charge in [0.1, 0.15) is 11.5 Å². The zero-order valence-electron chi connectivity index (χ0n) is 33.3. The van der Waals surface area contributed by atoms with Crippen molar-refractivity contribution < 1.29 is 57.9 Å². The molecule has 8 rings (SSSR count). The Bertz CT molecular complexity index is 3840. The molecule has 0 spiro atoms. The largest absolute Gasteiger partial charge is 0.501 e. The zero-order valence-corrected chi connectivity index (χ0v) is 35.8. The van der Waals surface area contributed by atoms with Gasteiger partial charge in [0, 0.05) is 61.1 Å². The van der Waals surface area contributed by atoms with Crippen molar-refractivity contribution in [2.24, 2.45) is 0 Å². The second-order valence-electron chi connectivity index (χ2n) is 14.6. The molecule has 0 radical (unpaired) electrons. The van der Waals surface area contributed by atoms with Crippen LogP contribution in [0, 0.1) is 16.2 Å². The molecule has 5 aromatic carbocycles. The maximum atomic E-state index is 14.2. The van der Waals surface area contributed by atoms with Gasteiger partial charge in [-0.05, 0) is 93.1 Å². The number of phenolic OH excluding ortho intramolecular Hbond substituents is 3. The van der Waals surface area contributed by atoms with Crippen LogP contribution in [0.25, 0.3) is 47.9 Å². The first-order chi connectivity index (χ1) is 31.0. The van der Waals surface area contributed by atoms with Crippen LogP contribution in [-0.2, 0) is 30.4 Å². The SMILES string of the molecule is N#[N+]c1ccc2c(c1O)=CCCC=2S(=O)(=O)Oc1ccc(C(=O)c2ccc(OS(=O)(=O)C3=c4ccc([N+]#N)c(O)c4=CCC3)cc2OS(=O)(=O)C2=c3ccc([N+]#N)c(O)c3=CCC2)cc1. The van der Waals surface area contributed by atoms with Gasteiger partial charge < -0.3 is 27.9 Å². The van der Waals surface area contributed by atoms with Crippen LogP contribution in [0.5, 0.6) is 34.5 Å². The van der Waals surface area contributed by atoms with Crippen LogP contribution in [0.3, 0.4) is 0 Å². The summed E-state index contributed by atoms with van der Waals surface area (Å²) in [5.74, 6) is -3.65. The first-order valence-corrected chi connectivity index (χ1v) is 23.5. The summed E-state index contributed by atoms with van der Waals surface area (Å²) < 4.78 is 99.4. The van der Waals surface area contributed by atoms with Gasteiger partial charge in [-0.3, -0.25) is 4.79 Å². The Hall–Kier alpha value is -8.10. The van der Waals surface area contributed by atoms with Crippen molar-refractivity contribution in [3.05, 3.63) is 136 Å². The number of ketones is 1. The minimum Gasteiger partial charge on any atom is -0.501 e. The maximum absolute atomic E-state index is 14.2. The smallest absolute Gasteiger partial charge is 0.426 e. The zero-order chi connectivity index (χ0) is 46.4. The maximum Gasteiger partial charge on any atom is 0.426 e. The Balaban J connectivity index is 1.17. The molecule has 0 bridgehead atoms. The number of diazo groups is 3. The predicted molar refractivity (Wildman–Crippen MR) is 233 cm³/mol. The first-order valence-electron chi connectivity index (χ1n) is 19.3. The van der Waals surface area contributed by atoms with Crippen molar-refractivity contribution in [1.82, 2.24) is 0 Å². The molecule has 0 aromatic heterocycles. The normalized spacial score (nSPS) is 14.3. The van der Waals surface area contributed by atoms with E-state index >= 15 is 0 Å². The van der Waals surface area contributed by atoms with Gasteiger partial charge in [0.05, 0.1) is 20.3 Å². The summed E-state index contributed by atoms with van der Waals surface area (Å²) >= 11 is 0. The van der Waals surface area contributed by atoms with E-state index in [9.17, 15) is 61.5 Å². The summed E-state index contributed by atoms with van der Waals surface area (Å²) in [4.78, 5) is 22.4. The standard InChI is InChI=1S/C43H28N6O13S3/c44-47-33-19-16-26-29(41(33)51)4-1-7-37(26)63(54,55)60-24-12-10-23(11-13-24)40(50)32-15-14-25(61-64(56,57)38-8-2-5-30-27(38)17-20-34(48-45)42(30)52)22-36(32)62-65(58,59)39-9-3-6-31-28(39)18-21-35(49-46)43(31)53/h4-6,10-22H,1-3,7-9H2/p+3. The average Bonchev–Trinajstić information content (AvgIpc) is 3.29. The summed E-state index contributed by atoms with van der Waals surface area (Å²) in [5.41, 5.74) is -1.12. The predicted octanol–water partition coefficient (Wildman–Crippen LogP) is 3.76. The molecule has 0 atom stereocenters. The molecule has 19 nitrogen and oxygen atoms in total. The number of rotatable bonds is 11. The van der Waals surface area contributed by atoms with Crippen LogP contribution >= 0.6 is 0 Å². The van der Waals surface area contributed by atoms with E-state index in [4.69, 9.17) is 12.5 Å². The highest BCUT2D eigenvalue weighted by Crippen LogP contribution is 2.34. The molecule has 0 amide bonds. The van der Waals surface area contributed by atoms with Crippen molar-refractivity contribution >= 4 is 86.1 Å². The van der Waals surface area contributed by atoms with Crippen LogP contribution < -0.4 is 43.9 Å². The second kappa shape index (κ2) is 16.5. The number of nitrogens with zero attached hydrogens (tertiary/aromatic N) is 6. The van der Waals surface area contributed by atoms with Crippen LogP contribution in [0.4, 0.5) is 17.1 Å². The molecule has 3 aliphatic carbocycles. The molecular formula is C43H31N6O13S3+3. The van der Waals surface area contributed by atoms with Gasteiger partial charge in [0.15, 0.2) is 26.5 Å². The molecule has 3 aliphatic rings. The summed E-state index contributed by atoms with van der Waals surface area (Å²) in [6.07, 6.45) is 4.95. The highest BCUT2D eigenvalue weighted by Gasteiger charge is 2.31. The summed E-state index contributed by atoms with van der Waals surface area (Å²) in [6.45, 7) is 0. The summed E-state index contributed by atoms with van der Waals surface area (Å²) in [7, 11) is -14.1. The van der Waals surface area contributed by atoms with Crippen molar-refractivity contribution in [2.75, 3.05) is 0 Å². The molecule has 0 unspecified atom stereocenters. The second-order valence-corrected chi connectivity index (χ2v) is 19.3. The van der Waals surface area contributed by atoms with E-state index in [1.165, 1.54) is 66.7 Å². The molecule has 0 saturated heterocycles. The lowest BCUT2D eigenvalue weighted by Gasteiger charge is -2.17. The molecule has 0 saturated carbocycles. The molecule has 0 fully saturated rings. The van der Waals surface area contributed by atoms with E-state index in [1.807, 2.05) is 0 Å². The molecular weight excluding hydrogens is 905 g/mol. The lowest BCUT2D eigenvalue weighted by Crippen LogP contribution is -2.33. The van der Waals surface area contributed by atoms with Crippen LogP contribution in [-0.4, -0.2) is 46.4 Å². The fourth-order valence-corrected chi connectivity index (χ4v) is 11.6. The lowest BCUT2D eigenvalue weighted by molar-refractivity contribution is 0.103. The number of fused-ring (bicyclic) bond motifs is 3. The Labute approximate surface area is 368 Å². The average molecular weight is 936 g/mol. The molecule has 22 heteroatoms. The Kier molecular flexibility index (Phi) is 11.1. The molecule has 5 aromatic rings. The van der Waals surface area contributed by atoms with Gasteiger partial charge in [-0.25, -0.2) is 0 Å². The lowest BCUT2D eigenvalue weighted by atomic mass is 10.0. The third-order valence-electron chi connectivity index (χ3n) is 10.8. The van der Waals surface area contributed by atoms with Crippen molar-refractivity contribution in [3.8, 4) is 34.5 Å². The molecule has 0 heterocycles. The van der Waals surface area contributed by atoms with E-state index in [2.05, 4.69) is 14.9 Å². The van der Waals surface area contributed by atoms with Gasteiger partial charge in [-0.15, -0.1) is 0 Å². The monoisotopic (exact) mass is 935 g/mol. The number of carbonyl (C=O) groups excluding carboxylic acids is 1. The van der Waals surface area contributed by atoms with E-state index in [0.29, 0.717) is 0 Å². The fourth-order valence-electron chi connectivity index (χ4n) is 7.76. The molecule has 0 aliphatic heterocycles. The summed E-state index contributed by atoms with van der Waals surface area (Å²) in [6, 6.07) is 15.3. The third kappa shape index (κ3) is 7.95. The van der Waals surface area contributed by atoms with Gasteiger partial charge in [0.25, 0.3) is 0 Å². The van der Waals surface area contributed by atoms with E-state index in [1.54, 1.807) is 12.2 Å². The quantitative estimate of drug-likeness (QED) is 0.0965. The number of hydrogen-bond acceptors (Lipinski definition) is 16. The van der Waals surface area contributed by atoms with Crippen LogP contribution in [0.15, 0.2) is 78.9 Å². The number of hydrogen-bond donors (Lipinski definition) is 3. The Morgan fingerprint density at radius 2 is 0.862 bits per heavy atom. The molecule has 3 N–H and O–H groups in total. The number of aromatic hydroxyl groups is 3. The Morgan fingerprint density at radius 1 is 0.492 bits per heavy atom. The topological polar surface area (TPSA) is 292 Å². The van der Waals surface area contributed by atoms with Gasteiger partial charge in [-0.2, -0.15) is 25.3 Å². The number of benzene rings is 5. The minimum atomic E-state index is -4.88. The van der Waals surface area contributed by atoms with Gasteiger partial charge >= 0.3 is 47.4 Å². The Morgan fingerprint density at radius 3 is 1.26 bits per heavy atom. The molecule has 326 valence electrons. The van der Waals surface area contributed by atoms with Crippen LogP contribution in [0.2, 0.25) is 0 Å². The van der Waals surface area contributed by atoms with E-state index < -0.39 is 70.4 Å². The third-order valence-corrected chi connectivity index (χ3v) is 15.1. The van der Waals surface area contributed by atoms with Gasteiger partial charge in [0.2, 0.25) is 33.4 Å². The van der Waals surface area contributed by atoms with E-state index in [-0.39, 0.29) is 113 Å². The van der Waals surface area contributed by atoms with Crippen molar-refractivity contribution in [1.29, 1.82) is 16.2 Å². The van der Waals surface area contributed by atoms with E-state index in [0.717, 1.165) is 18.2 Å².